The van der Waals surface area contributed by atoms with E-state index in [1.807, 2.05) is 0 Å². The van der Waals surface area contributed by atoms with Crippen molar-refractivity contribution in [3.05, 3.63) is 184 Å². The lowest BCUT2D eigenvalue weighted by Crippen LogP contribution is -2.50. The minimum atomic E-state index is -0.271. The van der Waals surface area contributed by atoms with Gasteiger partial charge in [0.2, 0.25) is 0 Å². The van der Waals surface area contributed by atoms with Crippen molar-refractivity contribution in [2.75, 3.05) is 9.80 Å². The normalized spacial score (nSPS) is 16.9. The van der Waals surface area contributed by atoms with Crippen molar-refractivity contribution >= 4 is 45.9 Å². The molecule has 0 fully saturated rings. The van der Waals surface area contributed by atoms with Gasteiger partial charge in [0.1, 0.15) is 11.5 Å². The average molecular weight is 785 g/mol. The summed E-state index contributed by atoms with van der Waals surface area (Å²) in [7, 11) is 0. The number of anilines is 4. The monoisotopic (exact) mass is 784 g/mol. The molecule has 0 aromatic heterocycles. The van der Waals surface area contributed by atoms with Crippen molar-refractivity contribution < 1.29 is 4.74 Å². The maximum Gasteiger partial charge on any atom is 0.252 e. The number of nitrogens with zero attached hydrogens (tertiary/aromatic N) is 2. The zero-order valence-electron chi connectivity index (χ0n) is 36.5. The first-order valence-electron chi connectivity index (χ1n) is 22.6. The molecule has 4 heteroatoms. The molecule has 0 saturated carbocycles. The molecule has 0 bridgehead atoms. The smallest absolute Gasteiger partial charge is 0.252 e. The van der Waals surface area contributed by atoms with Crippen LogP contribution in [0.1, 0.15) is 120 Å². The van der Waals surface area contributed by atoms with Gasteiger partial charge in [-0.2, -0.15) is 0 Å². The third-order valence-electron chi connectivity index (χ3n) is 14.1. The van der Waals surface area contributed by atoms with E-state index < -0.39 is 0 Å². The van der Waals surface area contributed by atoms with Crippen LogP contribution in [0.2, 0.25) is 0 Å². The molecule has 2 aliphatic carbocycles. The van der Waals surface area contributed by atoms with E-state index in [2.05, 4.69) is 198 Å². The summed E-state index contributed by atoms with van der Waals surface area (Å²) in [4.78, 5) is 5.23. The van der Waals surface area contributed by atoms with Crippen LogP contribution in [0.15, 0.2) is 151 Å². The van der Waals surface area contributed by atoms with Gasteiger partial charge in [0.25, 0.3) is 6.71 Å². The first-order chi connectivity index (χ1) is 29.2. The Bertz CT molecular complexity index is 2670. The van der Waals surface area contributed by atoms with Crippen LogP contribution < -0.4 is 20.0 Å². The summed E-state index contributed by atoms with van der Waals surface area (Å²) in [5, 5.41) is 0. The Morgan fingerprint density at radius 3 is 1.60 bits per heavy atom. The van der Waals surface area contributed by atoms with Gasteiger partial charge in [-0.25, -0.2) is 0 Å². The largest absolute Gasteiger partial charge is 0.457 e. The molecule has 6 aromatic carbocycles. The number of unbranched alkanes of at least 4 members (excludes halogenated alkanes) is 1. The van der Waals surface area contributed by atoms with Crippen molar-refractivity contribution in [2.45, 2.75) is 104 Å². The maximum absolute atomic E-state index is 6.93. The van der Waals surface area contributed by atoms with Crippen LogP contribution in [-0.2, 0) is 17.3 Å². The first-order valence-corrected chi connectivity index (χ1v) is 22.6. The van der Waals surface area contributed by atoms with Crippen LogP contribution in [0.4, 0.5) is 22.7 Å². The summed E-state index contributed by atoms with van der Waals surface area (Å²) >= 11 is 0. The van der Waals surface area contributed by atoms with E-state index in [4.69, 9.17) is 4.74 Å². The molecule has 300 valence electrons. The minimum Gasteiger partial charge on any atom is -0.457 e. The van der Waals surface area contributed by atoms with Gasteiger partial charge >= 0.3 is 0 Å². The van der Waals surface area contributed by atoms with Gasteiger partial charge in [-0.1, -0.05) is 152 Å². The van der Waals surface area contributed by atoms with Gasteiger partial charge in [-0.15, -0.1) is 0 Å². The second-order valence-corrected chi connectivity index (χ2v) is 18.5. The second-order valence-electron chi connectivity index (χ2n) is 18.5. The number of aryl methyl sites for hydroxylation is 1. The third-order valence-corrected chi connectivity index (χ3v) is 14.1. The zero-order valence-corrected chi connectivity index (χ0v) is 36.5. The molecular formula is C56H57BN2O. The summed E-state index contributed by atoms with van der Waals surface area (Å²) < 4.78 is 6.93. The van der Waals surface area contributed by atoms with E-state index in [9.17, 15) is 0 Å². The van der Waals surface area contributed by atoms with Crippen LogP contribution in [0.5, 0.6) is 11.5 Å². The highest BCUT2D eigenvalue weighted by atomic mass is 16.5. The highest BCUT2D eigenvalue weighted by molar-refractivity contribution is 7.06. The van der Waals surface area contributed by atoms with Crippen LogP contribution in [0.3, 0.4) is 0 Å². The molecule has 2 aliphatic heterocycles. The minimum absolute atomic E-state index is 0.0150. The van der Waals surface area contributed by atoms with Gasteiger partial charge < -0.3 is 14.5 Å². The van der Waals surface area contributed by atoms with Crippen LogP contribution >= 0.6 is 0 Å². The molecule has 6 aromatic rings. The van der Waals surface area contributed by atoms with Gasteiger partial charge in [-0.05, 0) is 118 Å². The standard InChI is InChI=1S/C56H57BN2O/c1-8-11-20-37-27-31-40(32-28-37)58-48-35-43(60-42-21-13-12-14-22-42)36-49-52(48)57(50-44-23-15-17-25-46(44)55(4,5)53(50)58)51-45-24-16-18-26-47(45)56(6,7)54(51)59(49)41-33-29-39(30-34-41)38(10-3)19-9-2/h12-18,21-36,38H,8-11,19-20H2,1-7H3. The number of benzene rings is 6. The van der Waals surface area contributed by atoms with Gasteiger partial charge in [0.05, 0.1) is 0 Å². The van der Waals surface area contributed by atoms with Crippen LogP contribution in [0, 0.1) is 0 Å². The molecule has 2 heterocycles. The van der Waals surface area contributed by atoms with Crippen molar-refractivity contribution in [2.24, 2.45) is 0 Å². The van der Waals surface area contributed by atoms with Crippen molar-refractivity contribution in [1.82, 2.24) is 0 Å². The number of hydrogen-bond acceptors (Lipinski definition) is 3. The Labute approximate surface area is 358 Å². The van der Waals surface area contributed by atoms with E-state index in [0.29, 0.717) is 5.92 Å². The summed E-state index contributed by atoms with van der Waals surface area (Å²) in [6, 6.07) is 52.5. The SMILES string of the molecule is CCCCc1ccc(N2C3=C(B4C5=C(N(c6ccc(C(CC)CCC)cc6)c6cc(Oc7ccccc7)cc2c64)C(C)(C)c2ccccc25)c2ccccc2C3(C)C)cc1. The molecule has 0 radical (unpaired) electrons. The molecule has 0 N–H and O–H groups in total. The van der Waals surface area contributed by atoms with Gasteiger partial charge in [0, 0.05) is 57.1 Å². The number of rotatable bonds is 11. The summed E-state index contributed by atoms with van der Waals surface area (Å²) in [6.45, 7) is 16.7. The molecule has 1 atom stereocenters. The third kappa shape index (κ3) is 5.85. The first kappa shape index (κ1) is 38.5. The second kappa shape index (κ2) is 14.8. The molecule has 1 unspecified atom stereocenters. The predicted octanol–water partition coefficient (Wildman–Crippen LogP) is 14.6. The van der Waals surface area contributed by atoms with E-state index in [1.165, 1.54) is 110 Å². The number of fused-ring (bicyclic) bond motifs is 6. The van der Waals surface area contributed by atoms with E-state index >= 15 is 0 Å². The number of para-hydroxylation sites is 1. The highest BCUT2D eigenvalue weighted by Crippen LogP contribution is 2.62. The fourth-order valence-electron chi connectivity index (χ4n) is 11.3. The quantitative estimate of drug-likeness (QED) is 0.122. The lowest BCUT2D eigenvalue weighted by molar-refractivity contribution is 0.483. The van der Waals surface area contributed by atoms with Crippen LogP contribution in [-0.4, -0.2) is 6.71 Å². The highest BCUT2D eigenvalue weighted by Gasteiger charge is 2.57. The van der Waals surface area contributed by atoms with Gasteiger partial charge in [-0.3, -0.25) is 0 Å². The van der Waals surface area contributed by atoms with Crippen molar-refractivity contribution in [3.8, 4) is 11.5 Å². The Hall–Kier alpha value is -5.74. The molecule has 4 aliphatic rings. The number of allylic oxidation sites excluding steroid dienone is 2. The average Bonchev–Trinajstić information content (AvgIpc) is 3.65. The lowest BCUT2D eigenvalue weighted by Gasteiger charge is -2.47. The zero-order chi connectivity index (χ0) is 41.3. The molecule has 0 spiro atoms. The summed E-state index contributed by atoms with van der Waals surface area (Å²) in [5.74, 6) is 2.23. The predicted molar refractivity (Wildman–Crippen MR) is 255 cm³/mol. The molecule has 60 heavy (non-hydrogen) atoms. The van der Waals surface area contributed by atoms with E-state index in [1.54, 1.807) is 0 Å². The Balaban J connectivity index is 1.30. The summed E-state index contributed by atoms with van der Waals surface area (Å²) in [6.07, 6.45) is 7.01. The lowest BCUT2D eigenvalue weighted by atomic mass is 9.31. The Morgan fingerprint density at radius 2 is 1.08 bits per heavy atom. The summed E-state index contributed by atoms with van der Waals surface area (Å²) in [5.41, 5.74) is 19.4. The van der Waals surface area contributed by atoms with E-state index in [0.717, 1.165) is 24.3 Å². The van der Waals surface area contributed by atoms with Crippen LogP contribution in [0.25, 0.3) is 10.9 Å². The maximum atomic E-state index is 6.93. The molecule has 0 saturated heterocycles. The Kier molecular flexibility index (Phi) is 9.47. The number of ether oxygens (including phenoxy) is 1. The topological polar surface area (TPSA) is 15.7 Å². The number of hydrogen-bond donors (Lipinski definition) is 0. The molecular weight excluding hydrogens is 727 g/mol. The van der Waals surface area contributed by atoms with Gasteiger partial charge in [0.15, 0.2) is 0 Å². The fourth-order valence-corrected chi connectivity index (χ4v) is 11.3. The van der Waals surface area contributed by atoms with E-state index in [-0.39, 0.29) is 17.5 Å². The van der Waals surface area contributed by atoms with Crippen molar-refractivity contribution in [1.29, 1.82) is 0 Å². The molecule has 3 nitrogen and oxygen atoms in total. The fraction of sp³-hybridized carbons (Fsp3) is 0.286. The Morgan fingerprint density at radius 1 is 0.567 bits per heavy atom. The molecule has 10 rings (SSSR count). The molecule has 0 amide bonds. The van der Waals surface area contributed by atoms with Crippen molar-refractivity contribution in [3.63, 3.8) is 0 Å².